The Hall–Kier alpha value is -1.17. The number of likely N-dealkylation sites (tertiary alicyclic amines) is 1. The molecule has 2 unspecified atom stereocenters. The van der Waals surface area contributed by atoms with E-state index in [4.69, 9.17) is 17.3 Å². The number of carbonyl (C=O) groups is 1. The zero-order valence-corrected chi connectivity index (χ0v) is 12.2. The van der Waals surface area contributed by atoms with E-state index in [-0.39, 0.29) is 23.5 Å². The third-order valence-electron chi connectivity index (χ3n) is 3.34. The molecule has 0 bridgehead atoms. The van der Waals surface area contributed by atoms with Crippen molar-refractivity contribution in [2.75, 3.05) is 25.0 Å². The van der Waals surface area contributed by atoms with E-state index in [9.17, 15) is 9.18 Å². The largest absolute Gasteiger partial charge is 0.327 e. The number of piperidine rings is 1. The van der Waals surface area contributed by atoms with Crippen molar-refractivity contribution in [3.8, 4) is 0 Å². The first-order chi connectivity index (χ1) is 9.44. The summed E-state index contributed by atoms with van der Waals surface area (Å²) in [6.07, 6.45) is 0.992. The SMILES string of the molecule is CC1CC(N)CN(CC(=O)Nc2ccc(F)c(Cl)c2)C1. The van der Waals surface area contributed by atoms with E-state index in [1.54, 1.807) is 0 Å². The van der Waals surface area contributed by atoms with Crippen molar-refractivity contribution in [2.24, 2.45) is 11.7 Å². The zero-order valence-electron chi connectivity index (χ0n) is 11.4. The van der Waals surface area contributed by atoms with Crippen molar-refractivity contribution in [2.45, 2.75) is 19.4 Å². The van der Waals surface area contributed by atoms with Crippen LogP contribution < -0.4 is 11.1 Å². The number of halogens is 2. The van der Waals surface area contributed by atoms with Crippen LogP contribution in [0.5, 0.6) is 0 Å². The van der Waals surface area contributed by atoms with E-state index in [0.29, 0.717) is 11.6 Å². The molecular weight excluding hydrogens is 281 g/mol. The minimum absolute atomic E-state index is 0.00332. The lowest BCUT2D eigenvalue weighted by molar-refractivity contribution is -0.117. The van der Waals surface area contributed by atoms with Gasteiger partial charge in [-0.25, -0.2) is 4.39 Å². The fourth-order valence-electron chi connectivity index (χ4n) is 2.62. The molecule has 1 aromatic rings. The number of hydrogen-bond donors (Lipinski definition) is 2. The molecule has 1 fully saturated rings. The Labute approximate surface area is 123 Å². The van der Waals surface area contributed by atoms with Crippen molar-refractivity contribution in [3.63, 3.8) is 0 Å². The van der Waals surface area contributed by atoms with Gasteiger partial charge in [0.15, 0.2) is 0 Å². The predicted molar refractivity (Wildman–Crippen MR) is 78.2 cm³/mol. The number of amides is 1. The van der Waals surface area contributed by atoms with Gasteiger partial charge in [0.1, 0.15) is 5.82 Å². The summed E-state index contributed by atoms with van der Waals surface area (Å²) >= 11 is 5.67. The predicted octanol–water partition coefficient (Wildman–Crippen LogP) is 2.09. The number of nitrogens with one attached hydrogen (secondary N) is 1. The number of rotatable bonds is 3. The molecule has 0 radical (unpaired) electrons. The molecule has 2 atom stereocenters. The van der Waals surface area contributed by atoms with E-state index in [1.807, 2.05) is 4.90 Å². The molecule has 1 heterocycles. The first-order valence-corrected chi connectivity index (χ1v) is 7.04. The van der Waals surface area contributed by atoms with Crippen molar-refractivity contribution in [1.29, 1.82) is 0 Å². The molecule has 20 heavy (non-hydrogen) atoms. The number of carbonyl (C=O) groups excluding carboxylic acids is 1. The summed E-state index contributed by atoms with van der Waals surface area (Å²) in [7, 11) is 0. The highest BCUT2D eigenvalue weighted by atomic mass is 35.5. The number of nitrogens with zero attached hydrogens (tertiary/aromatic N) is 1. The first kappa shape index (κ1) is 15.2. The zero-order chi connectivity index (χ0) is 14.7. The maximum atomic E-state index is 13.0. The molecule has 0 saturated carbocycles. The Bertz CT molecular complexity index is 487. The Balaban J connectivity index is 1.90. The third kappa shape index (κ3) is 4.16. The van der Waals surface area contributed by atoms with E-state index < -0.39 is 5.82 Å². The van der Waals surface area contributed by atoms with Crippen LogP contribution in [0.25, 0.3) is 0 Å². The fraction of sp³-hybridized carbons (Fsp3) is 0.500. The van der Waals surface area contributed by atoms with E-state index >= 15 is 0 Å². The van der Waals surface area contributed by atoms with Gasteiger partial charge < -0.3 is 11.1 Å². The molecule has 0 aromatic heterocycles. The highest BCUT2D eigenvalue weighted by Crippen LogP contribution is 2.19. The molecule has 1 aromatic carbocycles. The van der Waals surface area contributed by atoms with Crippen LogP contribution in [0.15, 0.2) is 18.2 Å². The van der Waals surface area contributed by atoms with E-state index in [2.05, 4.69) is 12.2 Å². The minimum Gasteiger partial charge on any atom is -0.327 e. The summed E-state index contributed by atoms with van der Waals surface area (Å²) in [5, 5.41) is 2.71. The molecular formula is C14H19ClFN3O. The van der Waals surface area contributed by atoms with Crippen LogP contribution >= 0.6 is 11.6 Å². The normalized spacial score (nSPS) is 23.6. The lowest BCUT2D eigenvalue weighted by Gasteiger charge is -2.34. The van der Waals surface area contributed by atoms with Crippen molar-refractivity contribution in [1.82, 2.24) is 4.90 Å². The first-order valence-electron chi connectivity index (χ1n) is 6.67. The molecule has 3 N–H and O–H groups in total. The summed E-state index contributed by atoms with van der Waals surface area (Å²) in [4.78, 5) is 14.0. The topological polar surface area (TPSA) is 58.4 Å². The molecule has 1 amide bonds. The van der Waals surface area contributed by atoms with Crippen molar-refractivity contribution in [3.05, 3.63) is 29.0 Å². The molecule has 4 nitrogen and oxygen atoms in total. The third-order valence-corrected chi connectivity index (χ3v) is 3.63. The van der Waals surface area contributed by atoms with Gasteiger partial charge in [0.05, 0.1) is 11.6 Å². The molecule has 6 heteroatoms. The Morgan fingerprint density at radius 2 is 2.30 bits per heavy atom. The summed E-state index contributed by atoms with van der Waals surface area (Å²) < 4.78 is 13.0. The quantitative estimate of drug-likeness (QED) is 0.898. The number of hydrogen-bond acceptors (Lipinski definition) is 3. The smallest absolute Gasteiger partial charge is 0.238 e. The average molecular weight is 300 g/mol. The van der Waals surface area contributed by atoms with Crippen LogP contribution in [-0.2, 0) is 4.79 Å². The standard InChI is InChI=1S/C14H19ClFN3O/c1-9-4-10(17)7-19(6-9)8-14(20)18-11-2-3-13(16)12(15)5-11/h2-3,5,9-10H,4,6-8,17H2,1H3,(H,18,20). The Morgan fingerprint density at radius 1 is 1.55 bits per heavy atom. The summed E-state index contributed by atoms with van der Waals surface area (Å²) in [5.74, 6) is -0.152. The number of anilines is 1. The van der Waals surface area contributed by atoms with Gasteiger partial charge in [-0.15, -0.1) is 0 Å². The van der Waals surface area contributed by atoms with Crippen molar-refractivity contribution < 1.29 is 9.18 Å². The number of benzene rings is 1. The second-order valence-corrected chi connectivity index (χ2v) is 5.88. The molecule has 0 spiro atoms. The Morgan fingerprint density at radius 3 is 2.95 bits per heavy atom. The molecule has 110 valence electrons. The highest BCUT2D eigenvalue weighted by molar-refractivity contribution is 6.31. The monoisotopic (exact) mass is 299 g/mol. The lowest BCUT2D eigenvalue weighted by atomic mass is 9.97. The highest BCUT2D eigenvalue weighted by Gasteiger charge is 2.23. The summed E-state index contributed by atoms with van der Waals surface area (Å²) in [6, 6.07) is 4.24. The van der Waals surface area contributed by atoms with E-state index in [1.165, 1.54) is 18.2 Å². The van der Waals surface area contributed by atoms with Crippen LogP contribution in [0.3, 0.4) is 0 Å². The lowest BCUT2D eigenvalue weighted by Crippen LogP contribution is -2.48. The fourth-order valence-corrected chi connectivity index (χ4v) is 2.80. The molecule has 1 aliphatic rings. The van der Waals surface area contributed by atoms with Crippen LogP contribution in [-0.4, -0.2) is 36.5 Å². The van der Waals surface area contributed by atoms with Gasteiger partial charge in [0, 0.05) is 24.8 Å². The van der Waals surface area contributed by atoms with Gasteiger partial charge in [-0.1, -0.05) is 18.5 Å². The van der Waals surface area contributed by atoms with E-state index in [0.717, 1.165) is 19.5 Å². The van der Waals surface area contributed by atoms with Gasteiger partial charge in [-0.05, 0) is 30.5 Å². The summed E-state index contributed by atoms with van der Waals surface area (Å²) in [5.41, 5.74) is 6.44. The van der Waals surface area contributed by atoms with Crippen LogP contribution in [0.4, 0.5) is 10.1 Å². The maximum Gasteiger partial charge on any atom is 0.238 e. The van der Waals surface area contributed by atoms with Crippen LogP contribution in [0.1, 0.15) is 13.3 Å². The van der Waals surface area contributed by atoms with Gasteiger partial charge in [0.2, 0.25) is 5.91 Å². The maximum absolute atomic E-state index is 13.0. The van der Waals surface area contributed by atoms with Crippen LogP contribution in [0, 0.1) is 11.7 Å². The van der Waals surface area contributed by atoms with Crippen molar-refractivity contribution >= 4 is 23.2 Å². The van der Waals surface area contributed by atoms with Gasteiger partial charge >= 0.3 is 0 Å². The minimum atomic E-state index is -0.500. The van der Waals surface area contributed by atoms with Crippen LogP contribution in [0.2, 0.25) is 5.02 Å². The number of nitrogens with two attached hydrogens (primary N) is 1. The second-order valence-electron chi connectivity index (χ2n) is 5.47. The average Bonchev–Trinajstić information content (AvgIpc) is 2.32. The Kier molecular flexibility index (Phi) is 4.96. The van der Waals surface area contributed by atoms with Gasteiger partial charge in [-0.3, -0.25) is 9.69 Å². The summed E-state index contributed by atoms with van der Waals surface area (Å²) in [6.45, 7) is 4.00. The molecule has 0 aliphatic carbocycles. The molecule has 1 saturated heterocycles. The molecule has 1 aliphatic heterocycles. The van der Waals surface area contributed by atoms with Gasteiger partial charge in [-0.2, -0.15) is 0 Å². The van der Waals surface area contributed by atoms with Gasteiger partial charge in [0.25, 0.3) is 0 Å². The second kappa shape index (κ2) is 6.52. The molecule has 2 rings (SSSR count).